The number of nitrogens with one attached hydrogen (secondary N) is 2. The monoisotopic (exact) mass is 471 g/mol. The summed E-state index contributed by atoms with van der Waals surface area (Å²) in [5.74, 6) is -1.45. The summed E-state index contributed by atoms with van der Waals surface area (Å²) in [6.45, 7) is 3.45. The van der Waals surface area contributed by atoms with E-state index in [1.165, 1.54) is 12.3 Å². The molecule has 0 aliphatic carbocycles. The molecular weight excluding hydrogens is 459 g/mol. The van der Waals surface area contributed by atoms with Crippen LogP contribution in [0.3, 0.4) is 0 Å². The lowest BCUT2D eigenvalue weighted by Gasteiger charge is -2.10. The van der Waals surface area contributed by atoms with Gasteiger partial charge in [0.2, 0.25) is 0 Å². The zero-order valence-electron chi connectivity index (χ0n) is 15.5. The fourth-order valence-corrected chi connectivity index (χ4v) is 4.89. The molecule has 0 bridgehead atoms. The number of aromatic nitrogens is 2. The average Bonchev–Trinajstić information content (AvgIpc) is 3.24. The highest BCUT2D eigenvalue weighted by molar-refractivity contribution is 7.93. The van der Waals surface area contributed by atoms with Crippen LogP contribution in [0.2, 0.25) is 10.0 Å². The number of halogens is 4. The molecule has 0 unspecified atom stereocenters. The molecule has 0 fully saturated rings. The van der Waals surface area contributed by atoms with Crippen LogP contribution in [0.5, 0.6) is 0 Å². The number of aryl methyl sites for hydroxylation is 2. The number of rotatable bonds is 4. The first-order valence-electron chi connectivity index (χ1n) is 8.50. The van der Waals surface area contributed by atoms with Crippen LogP contribution >= 0.6 is 23.2 Å². The van der Waals surface area contributed by atoms with E-state index >= 15 is 0 Å². The lowest BCUT2D eigenvalue weighted by atomic mass is 10.0. The maximum absolute atomic E-state index is 14.1. The minimum absolute atomic E-state index is 0.170. The predicted molar refractivity (Wildman–Crippen MR) is 110 cm³/mol. The van der Waals surface area contributed by atoms with E-state index in [1.807, 2.05) is 0 Å². The summed E-state index contributed by atoms with van der Waals surface area (Å²) < 4.78 is 60.9. The maximum Gasteiger partial charge on any atom is 0.264 e. The van der Waals surface area contributed by atoms with Crippen molar-refractivity contribution < 1.29 is 21.7 Å². The van der Waals surface area contributed by atoms with Gasteiger partial charge in [0.1, 0.15) is 22.3 Å². The Hall–Kier alpha value is -2.62. The largest absolute Gasteiger partial charge is 0.361 e. The molecule has 0 spiro atoms. The topological polar surface area (TPSA) is 88.0 Å². The van der Waals surface area contributed by atoms with Crippen LogP contribution in [0.15, 0.2) is 39.9 Å². The van der Waals surface area contributed by atoms with Gasteiger partial charge in [-0.1, -0.05) is 28.4 Å². The van der Waals surface area contributed by atoms with Gasteiger partial charge in [0.05, 0.1) is 32.5 Å². The second-order valence-electron chi connectivity index (χ2n) is 6.55. The van der Waals surface area contributed by atoms with E-state index in [-0.39, 0.29) is 4.90 Å². The Balaban J connectivity index is 1.87. The number of anilines is 1. The average molecular weight is 472 g/mol. The van der Waals surface area contributed by atoms with Gasteiger partial charge in [-0.15, -0.1) is 0 Å². The van der Waals surface area contributed by atoms with Gasteiger partial charge >= 0.3 is 0 Å². The van der Waals surface area contributed by atoms with Gasteiger partial charge < -0.3 is 9.51 Å². The first kappa shape index (κ1) is 20.6. The van der Waals surface area contributed by atoms with Crippen molar-refractivity contribution in [1.29, 1.82) is 0 Å². The van der Waals surface area contributed by atoms with Gasteiger partial charge in [-0.2, -0.15) is 0 Å². The number of sulfonamides is 1. The van der Waals surface area contributed by atoms with Crippen LogP contribution in [0.1, 0.15) is 11.5 Å². The highest BCUT2D eigenvalue weighted by Gasteiger charge is 2.25. The maximum atomic E-state index is 14.1. The molecule has 0 radical (unpaired) electrons. The Morgan fingerprint density at radius 3 is 2.47 bits per heavy atom. The third kappa shape index (κ3) is 3.32. The molecule has 0 atom stereocenters. The molecule has 0 aliphatic rings. The SMILES string of the molecule is Cc1noc(C)c1-c1c(Cl)ccc2c(S(=O)(=O)Nc3cc(F)c(Cl)cc3F)c[nH]c12. The van der Waals surface area contributed by atoms with Crippen molar-refractivity contribution in [2.75, 3.05) is 4.72 Å². The number of H-pyrrole nitrogens is 1. The van der Waals surface area contributed by atoms with Crippen LogP contribution in [0.25, 0.3) is 22.0 Å². The highest BCUT2D eigenvalue weighted by Crippen LogP contribution is 2.40. The van der Waals surface area contributed by atoms with Crippen LogP contribution in [0.4, 0.5) is 14.5 Å². The van der Waals surface area contributed by atoms with E-state index in [0.29, 0.717) is 50.6 Å². The highest BCUT2D eigenvalue weighted by atomic mass is 35.5. The van der Waals surface area contributed by atoms with Gasteiger partial charge in [0, 0.05) is 23.2 Å². The Morgan fingerprint density at radius 1 is 1.07 bits per heavy atom. The third-order valence-corrected chi connectivity index (χ3v) is 6.60. The van der Waals surface area contributed by atoms with Crippen LogP contribution in [-0.4, -0.2) is 18.6 Å². The first-order valence-corrected chi connectivity index (χ1v) is 10.7. The Bertz CT molecular complexity index is 1390. The summed E-state index contributed by atoms with van der Waals surface area (Å²) in [6, 6.07) is 4.43. The van der Waals surface area contributed by atoms with Crippen LogP contribution < -0.4 is 4.72 Å². The second kappa shape index (κ2) is 7.26. The molecule has 6 nitrogen and oxygen atoms in total. The van der Waals surface area contributed by atoms with Crippen LogP contribution in [-0.2, 0) is 10.0 Å². The first-order chi connectivity index (χ1) is 14.1. The molecule has 2 N–H and O–H groups in total. The molecule has 156 valence electrons. The van der Waals surface area contributed by atoms with Crippen molar-refractivity contribution in [1.82, 2.24) is 10.1 Å². The van der Waals surface area contributed by atoms with Crippen molar-refractivity contribution in [3.05, 3.63) is 63.6 Å². The Labute approximate surface area is 179 Å². The van der Waals surface area contributed by atoms with Crippen molar-refractivity contribution in [3.8, 4) is 11.1 Å². The quantitative estimate of drug-likeness (QED) is 0.366. The zero-order valence-corrected chi connectivity index (χ0v) is 17.8. The number of hydrogen-bond acceptors (Lipinski definition) is 4. The molecule has 0 saturated heterocycles. The second-order valence-corrected chi connectivity index (χ2v) is 9.01. The zero-order chi connectivity index (χ0) is 21.8. The molecule has 30 heavy (non-hydrogen) atoms. The summed E-state index contributed by atoms with van der Waals surface area (Å²) in [7, 11) is -4.28. The van der Waals surface area contributed by atoms with Gasteiger partial charge in [-0.3, -0.25) is 4.72 Å². The Morgan fingerprint density at radius 2 is 1.80 bits per heavy atom. The summed E-state index contributed by atoms with van der Waals surface area (Å²) in [6.07, 6.45) is 1.25. The predicted octanol–water partition coefficient (Wildman–Crippen LogP) is 5.83. The van der Waals surface area contributed by atoms with Crippen molar-refractivity contribution in [2.24, 2.45) is 0 Å². The van der Waals surface area contributed by atoms with Crippen molar-refractivity contribution >= 4 is 49.8 Å². The molecule has 2 aromatic heterocycles. The molecule has 4 rings (SSSR count). The third-order valence-electron chi connectivity index (χ3n) is 4.59. The van der Waals surface area contributed by atoms with E-state index in [2.05, 4.69) is 14.9 Å². The number of hydrogen-bond donors (Lipinski definition) is 2. The molecule has 2 aromatic carbocycles. The van der Waals surface area contributed by atoms with Gasteiger partial charge in [-0.05, 0) is 32.0 Å². The van der Waals surface area contributed by atoms with Gasteiger partial charge in [-0.25, -0.2) is 17.2 Å². The normalized spacial score (nSPS) is 11.9. The summed E-state index contributed by atoms with van der Waals surface area (Å²) in [4.78, 5) is 2.74. The van der Waals surface area contributed by atoms with E-state index in [1.54, 1.807) is 19.9 Å². The van der Waals surface area contributed by atoms with Crippen molar-refractivity contribution in [3.63, 3.8) is 0 Å². The molecule has 11 heteroatoms. The molecule has 2 heterocycles. The van der Waals surface area contributed by atoms with Gasteiger partial charge in [0.15, 0.2) is 0 Å². The summed E-state index contributed by atoms with van der Waals surface area (Å²) in [5.41, 5.74) is 1.61. The Kier molecular flexibility index (Phi) is 5.00. The van der Waals surface area contributed by atoms with E-state index in [4.69, 9.17) is 27.7 Å². The van der Waals surface area contributed by atoms with E-state index < -0.39 is 32.4 Å². The van der Waals surface area contributed by atoms with E-state index in [0.717, 1.165) is 0 Å². The number of aromatic amines is 1. The van der Waals surface area contributed by atoms with Crippen LogP contribution in [0, 0.1) is 25.5 Å². The molecule has 4 aromatic rings. The molecule has 0 aliphatic heterocycles. The summed E-state index contributed by atoms with van der Waals surface area (Å²) >= 11 is 11.9. The van der Waals surface area contributed by atoms with Crippen molar-refractivity contribution in [2.45, 2.75) is 18.7 Å². The number of fused-ring (bicyclic) bond motifs is 1. The fraction of sp³-hybridized carbons (Fsp3) is 0.105. The number of benzene rings is 2. The number of nitrogens with zero attached hydrogens (tertiary/aromatic N) is 1. The standard InChI is InChI=1S/C19H13Cl2F2N3O3S/c1-8-17(9(2)29-25-8)18-11(20)4-3-10-16(7-24-19(10)18)30(27,28)26-15-6-13(22)12(21)5-14(15)23/h3-7,24,26H,1-2H3. The van der Waals surface area contributed by atoms with E-state index in [9.17, 15) is 17.2 Å². The lowest BCUT2D eigenvalue weighted by Crippen LogP contribution is -2.14. The molecule has 0 saturated carbocycles. The van der Waals surface area contributed by atoms with Gasteiger partial charge in [0.25, 0.3) is 10.0 Å². The molecular formula is C19H13Cl2F2N3O3S. The minimum atomic E-state index is -4.28. The molecule has 0 amide bonds. The smallest absolute Gasteiger partial charge is 0.264 e. The fourth-order valence-electron chi connectivity index (χ4n) is 3.26. The summed E-state index contributed by atoms with van der Waals surface area (Å²) in [5, 5.41) is 4.12. The lowest BCUT2D eigenvalue weighted by molar-refractivity contribution is 0.393. The minimum Gasteiger partial charge on any atom is -0.361 e.